The first kappa shape index (κ1) is 22.0. The maximum atomic E-state index is 12.9. The fraction of sp³-hybridized carbons (Fsp3) is 0.409. The molecule has 0 aromatic heterocycles. The summed E-state index contributed by atoms with van der Waals surface area (Å²) in [5, 5.41) is 2.99. The van der Waals surface area contributed by atoms with E-state index in [-0.39, 0.29) is 18.5 Å². The minimum Gasteiger partial charge on any atom is -0.496 e. The predicted molar refractivity (Wildman–Crippen MR) is 110 cm³/mol. The molecule has 3 rings (SSSR count). The summed E-state index contributed by atoms with van der Waals surface area (Å²) >= 11 is 0. The van der Waals surface area contributed by atoms with Gasteiger partial charge >= 0.3 is 6.18 Å². The number of methoxy groups -OCH3 is 1. The zero-order valence-corrected chi connectivity index (χ0v) is 17.1. The van der Waals surface area contributed by atoms with E-state index < -0.39 is 11.7 Å². The van der Waals surface area contributed by atoms with Crippen molar-refractivity contribution in [3.05, 3.63) is 59.7 Å². The van der Waals surface area contributed by atoms with Crippen molar-refractivity contribution in [1.82, 2.24) is 10.2 Å². The molecule has 30 heavy (non-hydrogen) atoms. The van der Waals surface area contributed by atoms with Gasteiger partial charge in [-0.05, 0) is 31.2 Å². The highest BCUT2D eigenvalue weighted by Crippen LogP contribution is 2.32. The number of carbonyl (C=O) groups is 1. The van der Waals surface area contributed by atoms with Crippen molar-refractivity contribution in [3.8, 4) is 5.75 Å². The second kappa shape index (κ2) is 9.38. The molecule has 1 N–H and O–H groups in total. The molecular weight excluding hydrogens is 395 g/mol. The first-order valence-electron chi connectivity index (χ1n) is 9.85. The molecule has 0 aliphatic carbocycles. The zero-order valence-electron chi connectivity index (χ0n) is 17.1. The number of hydrogen-bond donors (Lipinski definition) is 1. The summed E-state index contributed by atoms with van der Waals surface area (Å²) in [5.74, 6) is 0.626. The van der Waals surface area contributed by atoms with E-state index in [1.165, 1.54) is 12.1 Å². The van der Waals surface area contributed by atoms with Crippen LogP contribution < -0.4 is 15.0 Å². The van der Waals surface area contributed by atoms with Crippen LogP contribution in [-0.4, -0.2) is 50.6 Å². The molecule has 0 radical (unpaired) electrons. The molecule has 1 aliphatic heterocycles. The van der Waals surface area contributed by atoms with Gasteiger partial charge in [-0.3, -0.25) is 9.69 Å². The molecule has 1 amide bonds. The van der Waals surface area contributed by atoms with E-state index in [2.05, 4.69) is 5.32 Å². The highest BCUT2D eigenvalue weighted by Gasteiger charge is 2.31. The Balaban J connectivity index is 1.52. The van der Waals surface area contributed by atoms with E-state index in [9.17, 15) is 18.0 Å². The van der Waals surface area contributed by atoms with Crippen molar-refractivity contribution in [2.75, 3.05) is 44.7 Å². The Morgan fingerprint density at radius 2 is 1.80 bits per heavy atom. The summed E-state index contributed by atoms with van der Waals surface area (Å²) < 4.78 is 44.2. The molecule has 1 fully saturated rings. The van der Waals surface area contributed by atoms with E-state index in [1.54, 1.807) is 13.2 Å². The number of nitrogens with zero attached hydrogens (tertiary/aromatic N) is 2. The Kier molecular flexibility index (Phi) is 6.87. The van der Waals surface area contributed by atoms with Crippen molar-refractivity contribution in [2.24, 2.45) is 0 Å². The predicted octanol–water partition coefficient (Wildman–Crippen LogP) is 3.71. The molecule has 2 aromatic carbocycles. The number of anilines is 1. The molecule has 1 atom stereocenters. The van der Waals surface area contributed by atoms with E-state index in [0.29, 0.717) is 31.9 Å². The minimum atomic E-state index is -4.35. The first-order chi connectivity index (χ1) is 14.3. The van der Waals surface area contributed by atoms with Crippen molar-refractivity contribution in [3.63, 3.8) is 0 Å². The van der Waals surface area contributed by atoms with Crippen LogP contribution in [0.2, 0.25) is 0 Å². The second-order valence-electron chi connectivity index (χ2n) is 7.34. The monoisotopic (exact) mass is 421 g/mol. The lowest BCUT2D eigenvalue weighted by Gasteiger charge is -2.36. The first-order valence-corrected chi connectivity index (χ1v) is 9.85. The number of alkyl halides is 3. The number of nitrogens with one attached hydrogen (secondary N) is 1. The molecule has 1 heterocycles. The van der Waals surface area contributed by atoms with Crippen molar-refractivity contribution >= 4 is 11.6 Å². The molecule has 0 unspecified atom stereocenters. The van der Waals surface area contributed by atoms with Crippen molar-refractivity contribution in [2.45, 2.75) is 19.1 Å². The van der Waals surface area contributed by atoms with Gasteiger partial charge in [0.25, 0.3) is 0 Å². The zero-order chi connectivity index (χ0) is 21.7. The molecule has 0 saturated carbocycles. The normalized spacial score (nSPS) is 16.2. The molecule has 5 nitrogen and oxygen atoms in total. The van der Waals surface area contributed by atoms with E-state index in [1.807, 2.05) is 41.0 Å². The highest BCUT2D eigenvalue weighted by atomic mass is 19.4. The molecule has 162 valence electrons. The molecule has 1 saturated heterocycles. The fourth-order valence-electron chi connectivity index (χ4n) is 3.64. The average molecular weight is 421 g/mol. The van der Waals surface area contributed by atoms with Crippen LogP contribution >= 0.6 is 0 Å². The van der Waals surface area contributed by atoms with Gasteiger partial charge in [-0.2, -0.15) is 13.2 Å². The second-order valence-corrected chi connectivity index (χ2v) is 7.34. The summed E-state index contributed by atoms with van der Waals surface area (Å²) in [7, 11) is 1.59. The smallest absolute Gasteiger partial charge is 0.416 e. The third kappa shape index (κ3) is 5.44. The molecule has 2 aromatic rings. The van der Waals surface area contributed by atoms with Crippen LogP contribution in [0.4, 0.5) is 18.9 Å². The number of halogens is 3. The number of carbonyl (C=O) groups excluding carboxylic acids is 1. The third-order valence-corrected chi connectivity index (χ3v) is 5.26. The Morgan fingerprint density at radius 1 is 1.10 bits per heavy atom. The van der Waals surface area contributed by atoms with Crippen molar-refractivity contribution in [1.29, 1.82) is 0 Å². The van der Waals surface area contributed by atoms with Crippen molar-refractivity contribution < 1.29 is 22.7 Å². The van der Waals surface area contributed by atoms with E-state index >= 15 is 0 Å². The minimum absolute atomic E-state index is 0.0964. The van der Waals surface area contributed by atoms with Gasteiger partial charge in [0.2, 0.25) is 5.91 Å². The third-order valence-electron chi connectivity index (χ3n) is 5.26. The Morgan fingerprint density at radius 3 is 2.47 bits per heavy atom. The van der Waals surface area contributed by atoms with Gasteiger partial charge in [0.1, 0.15) is 5.75 Å². The van der Waals surface area contributed by atoms with Crippen LogP contribution in [0.3, 0.4) is 0 Å². The molecule has 0 spiro atoms. The fourth-order valence-corrected chi connectivity index (χ4v) is 3.64. The Labute approximate surface area is 174 Å². The van der Waals surface area contributed by atoms with Crippen LogP contribution in [0.25, 0.3) is 0 Å². The number of ether oxygens (including phenoxy) is 1. The molecule has 8 heteroatoms. The maximum absolute atomic E-state index is 12.9. The number of piperazine rings is 1. The topological polar surface area (TPSA) is 44.8 Å². The van der Waals surface area contributed by atoms with Crippen LogP contribution in [0, 0.1) is 0 Å². The molecule has 0 bridgehead atoms. The lowest BCUT2D eigenvalue weighted by Crippen LogP contribution is -2.49. The maximum Gasteiger partial charge on any atom is 0.416 e. The number of benzene rings is 2. The number of rotatable bonds is 6. The Bertz CT molecular complexity index is 865. The highest BCUT2D eigenvalue weighted by molar-refractivity contribution is 5.78. The quantitative estimate of drug-likeness (QED) is 0.773. The summed E-state index contributed by atoms with van der Waals surface area (Å²) in [4.78, 5) is 16.4. The summed E-state index contributed by atoms with van der Waals surface area (Å²) in [6.45, 7) is 4.49. The summed E-state index contributed by atoms with van der Waals surface area (Å²) in [6, 6.07) is 12.7. The molecular formula is C22H26F3N3O2. The van der Waals surface area contributed by atoms with Gasteiger partial charge in [0.05, 0.1) is 25.3 Å². The lowest BCUT2D eigenvalue weighted by molar-refractivity contribution is -0.137. The van der Waals surface area contributed by atoms with Crippen LogP contribution in [0.5, 0.6) is 5.75 Å². The number of amides is 1. The van der Waals surface area contributed by atoms with Crippen LogP contribution in [0.15, 0.2) is 48.5 Å². The van der Waals surface area contributed by atoms with Gasteiger partial charge in [0.15, 0.2) is 0 Å². The molecule has 1 aliphatic rings. The summed E-state index contributed by atoms with van der Waals surface area (Å²) in [5.41, 5.74) is 0.813. The Hall–Kier alpha value is -2.74. The van der Waals surface area contributed by atoms with E-state index in [0.717, 1.165) is 17.4 Å². The largest absolute Gasteiger partial charge is 0.496 e. The van der Waals surface area contributed by atoms with Crippen LogP contribution in [0.1, 0.15) is 24.1 Å². The summed E-state index contributed by atoms with van der Waals surface area (Å²) in [6.07, 6.45) is -4.35. The standard InChI is InChI=1S/C22H26F3N3O2/c1-16(19-8-3-4-9-20(19)30-2)26-21(29)15-27-10-12-28(13-11-27)18-7-5-6-17(14-18)22(23,24)25/h3-9,14,16H,10-13,15H2,1-2H3,(H,26,29)/t16-/m0/s1. The van der Waals surface area contributed by atoms with E-state index in [4.69, 9.17) is 4.74 Å². The average Bonchev–Trinajstić information content (AvgIpc) is 2.73. The lowest BCUT2D eigenvalue weighted by atomic mass is 10.1. The van der Waals surface area contributed by atoms with Gasteiger partial charge in [-0.25, -0.2) is 0 Å². The van der Waals surface area contributed by atoms with Gasteiger partial charge in [-0.1, -0.05) is 24.3 Å². The van der Waals surface area contributed by atoms with Crippen LogP contribution in [-0.2, 0) is 11.0 Å². The van der Waals surface area contributed by atoms with Gasteiger partial charge in [-0.15, -0.1) is 0 Å². The van der Waals surface area contributed by atoms with Gasteiger partial charge < -0.3 is 15.0 Å². The SMILES string of the molecule is COc1ccccc1[C@H](C)NC(=O)CN1CCN(c2cccc(C(F)(F)F)c2)CC1. The number of hydrogen-bond acceptors (Lipinski definition) is 4. The van der Waals surface area contributed by atoms with Gasteiger partial charge in [0, 0.05) is 37.4 Å². The number of para-hydroxylation sites is 1.